The Morgan fingerprint density at radius 2 is 2.11 bits per heavy atom. The molecule has 0 aliphatic heterocycles. The van der Waals surface area contributed by atoms with Crippen LogP contribution in [0.3, 0.4) is 0 Å². The monoisotopic (exact) mass is 500 g/mol. The lowest BCUT2D eigenvalue weighted by molar-refractivity contribution is -0.133. The minimum atomic E-state index is -0.550. The Labute approximate surface area is 215 Å². The molecular formula is C27H32N8O2. The number of aliphatic hydroxyl groups excluding tert-OH is 1. The molecule has 4 aromatic rings. The molecule has 192 valence electrons. The molecule has 1 atom stereocenters. The number of anilines is 1. The Bertz CT molecular complexity index is 1450. The summed E-state index contributed by atoms with van der Waals surface area (Å²) in [5.41, 5.74) is 13.8. The second-order valence-electron chi connectivity index (χ2n) is 9.68. The average molecular weight is 501 g/mol. The number of aromatic amines is 1. The van der Waals surface area contributed by atoms with E-state index >= 15 is 0 Å². The summed E-state index contributed by atoms with van der Waals surface area (Å²) in [5, 5.41) is 13.8. The number of imidazole rings is 1. The number of carbonyl (C=O) groups is 1. The predicted molar refractivity (Wildman–Crippen MR) is 142 cm³/mol. The fraction of sp³-hybridized carbons (Fsp3) is 0.370. The molecule has 0 bridgehead atoms. The lowest BCUT2D eigenvalue weighted by Crippen LogP contribution is -2.36. The number of fused-ring (bicyclic) bond motifs is 1. The van der Waals surface area contributed by atoms with Gasteiger partial charge in [0.2, 0.25) is 0 Å². The van der Waals surface area contributed by atoms with E-state index in [0.717, 1.165) is 58.1 Å². The van der Waals surface area contributed by atoms with Crippen LogP contribution in [0.2, 0.25) is 0 Å². The van der Waals surface area contributed by atoms with Gasteiger partial charge >= 0.3 is 0 Å². The molecule has 4 heterocycles. The van der Waals surface area contributed by atoms with E-state index in [0.29, 0.717) is 30.2 Å². The summed E-state index contributed by atoms with van der Waals surface area (Å²) in [6.07, 6.45) is 8.49. The van der Waals surface area contributed by atoms with Crippen molar-refractivity contribution in [2.75, 3.05) is 12.3 Å². The molecule has 1 aliphatic carbocycles. The highest BCUT2D eigenvalue weighted by atomic mass is 16.3. The summed E-state index contributed by atoms with van der Waals surface area (Å²) in [4.78, 5) is 31.0. The SMILES string of the molecule is C=CN(C(=O)CO)C(C)CCc1nc2c(-c3ccc(-c4nc(C)c(C)[nH]4)nc3)cnn2c(N)c1C1CC1. The van der Waals surface area contributed by atoms with Crippen molar-refractivity contribution in [3.05, 3.63) is 60.0 Å². The van der Waals surface area contributed by atoms with Crippen molar-refractivity contribution in [3.63, 3.8) is 0 Å². The van der Waals surface area contributed by atoms with Crippen molar-refractivity contribution in [2.45, 2.75) is 58.4 Å². The summed E-state index contributed by atoms with van der Waals surface area (Å²) in [6.45, 7) is 9.06. The first-order valence-electron chi connectivity index (χ1n) is 12.5. The highest BCUT2D eigenvalue weighted by Gasteiger charge is 2.31. The summed E-state index contributed by atoms with van der Waals surface area (Å²) in [7, 11) is 0. The van der Waals surface area contributed by atoms with Gasteiger partial charge in [-0.25, -0.2) is 9.97 Å². The van der Waals surface area contributed by atoms with Gasteiger partial charge in [0.15, 0.2) is 11.5 Å². The molecule has 10 nitrogen and oxygen atoms in total. The summed E-state index contributed by atoms with van der Waals surface area (Å²) in [6, 6.07) is 3.78. The van der Waals surface area contributed by atoms with E-state index < -0.39 is 6.61 Å². The van der Waals surface area contributed by atoms with Gasteiger partial charge in [-0.05, 0) is 64.6 Å². The van der Waals surface area contributed by atoms with Gasteiger partial charge in [-0.1, -0.05) is 12.6 Å². The second kappa shape index (κ2) is 9.78. The fourth-order valence-electron chi connectivity index (χ4n) is 4.74. The number of nitrogens with two attached hydrogens (primary N) is 1. The lowest BCUT2D eigenvalue weighted by atomic mass is 10.0. The van der Waals surface area contributed by atoms with Gasteiger partial charge in [0.1, 0.15) is 18.1 Å². The maximum Gasteiger partial charge on any atom is 0.252 e. The number of carbonyl (C=O) groups excluding carboxylic acids is 1. The van der Waals surface area contributed by atoms with E-state index in [1.807, 2.05) is 32.9 Å². The first-order valence-corrected chi connectivity index (χ1v) is 12.5. The van der Waals surface area contributed by atoms with E-state index in [1.165, 1.54) is 11.1 Å². The van der Waals surface area contributed by atoms with Gasteiger partial charge in [0.05, 0.1) is 17.6 Å². The number of H-pyrrole nitrogens is 1. The Morgan fingerprint density at radius 3 is 2.70 bits per heavy atom. The van der Waals surface area contributed by atoms with Gasteiger partial charge in [-0.3, -0.25) is 9.78 Å². The summed E-state index contributed by atoms with van der Waals surface area (Å²) >= 11 is 0. The number of nitrogen functional groups attached to an aromatic ring is 1. The van der Waals surface area contributed by atoms with Crippen LogP contribution in [0, 0.1) is 13.8 Å². The van der Waals surface area contributed by atoms with Crippen LogP contribution in [0.15, 0.2) is 37.3 Å². The molecule has 0 spiro atoms. The quantitative estimate of drug-likeness (QED) is 0.319. The van der Waals surface area contributed by atoms with Gasteiger partial charge in [-0.15, -0.1) is 0 Å². The highest BCUT2D eigenvalue weighted by Crippen LogP contribution is 2.45. The van der Waals surface area contributed by atoms with E-state index in [4.69, 9.17) is 10.7 Å². The van der Waals surface area contributed by atoms with E-state index in [2.05, 4.69) is 26.6 Å². The number of nitrogens with zero attached hydrogens (tertiary/aromatic N) is 6. The molecule has 0 radical (unpaired) electrons. The van der Waals surface area contributed by atoms with Crippen LogP contribution in [0.5, 0.6) is 0 Å². The third kappa shape index (κ3) is 4.60. The second-order valence-corrected chi connectivity index (χ2v) is 9.68. The minimum absolute atomic E-state index is 0.140. The van der Waals surface area contributed by atoms with Crippen molar-refractivity contribution in [2.24, 2.45) is 0 Å². The van der Waals surface area contributed by atoms with Gasteiger partial charge in [0.25, 0.3) is 5.91 Å². The molecule has 37 heavy (non-hydrogen) atoms. The minimum Gasteiger partial charge on any atom is -0.387 e. The number of nitrogens with one attached hydrogen (secondary N) is 1. The molecule has 1 aliphatic rings. The Balaban J connectivity index is 1.48. The smallest absolute Gasteiger partial charge is 0.252 e. The van der Waals surface area contributed by atoms with Crippen LogP contribution in [-0.2, 0) is 11.2 Å². The maximum absolute atomic E-state index is 12.1. The van der Waals surface area contributed by atoms with Crippen molar-refractivity contribution in [3.8, 4) is 22.6 Å². The zero-order chi connectivity index (χ0) is 26.3. The first kappa shape index (κ1) is 24.6. The first-order chi connectivity index (χ1) is 17.8. The number of rotatable bonds is 9. The molecule has 1 amide bonds. The number of aryl methyl sites for hydroxylation is 3. The number of aromatic nitrogens is 6. The third-order valence-corrected chi connectivity index (χ3v) is 7.12. The summed E-state index contributed by atoms with van der Waals surface area (Å²) in [5.74, 6) is 1.36. The molecule has 4 N–H and O–H groups in total. The predicted octanol–water partition coefficient (Wildman–Crippen LogP) is 3.54. The molecule has 1 fully saturated rings. The molecule has 1 unspecified atom stereocenters. The standard InChI is InChI=1S/C27H32N8O2/c1-5-34(23(37)14-36)15(2)6-10-21-24(18-7-8-18)25(28)35-27(33-21)20(13-30-35)19-9-11-22(29-12-19)26-31-16(3)17(4)32-26/h5,9,11-13,15,18,36H,1,6-8,10,14,28H2,2-4H3,(H,31,32). The van der Waals surface area contributed by atoms with Crippen LogP contribution < -0.4 is 5.73 Å². The largest absolute Gasteiger partial charge is 0.387 e. The molecule has 1 saturated carbocycles. The van der Waals surface area contributed by atoms with Gasteiger partial charge in [0, 0.05) is 34.6 Å². The van der Waals surface area contributed by atoms with E-state index in [1.54, 1.807) is 16.9 Å². The number of amides is 1. The number of hydrogen-bond acceptors (Lipinski definition) is 7. The number of pyridine rings is 1. The van der Waals surface area contributed by atoms with Crippen molar-refractivity contribution in [1.82, 2.24) is 34.4 Å². The van der Waals surface area contributed by atoms with Crippen molar-refractivity contribution < 1.29 is 9.90 Å². The van der Waals surface area contributed by atoms with Crippen molar-refractivity contribution in [1.29, 1.82) is 0 Å². The third-order valence-electron chi connectivity index (χ3n) is 7.12. The molecule has 5 rings (SSSR count). The molecule has 4 aromatic heterocycles. The molecule has 0 saturated heterocycles. The van der Waals surface area contributed by atoms with Crippen LogP contribution in [-0.4, -0.2) is 58.1 Å². The number of aliphatic hydroxyl groups is 1. The highest BCUT2D eigenvalue weighted by molar-refractivity contribution is 5.79. The van der Waals surface area contributed by atoms with Crippen molar-refractivity contribution >= 4 is 17.4 Å². The normalized spacial score (nSPS) is 14.2. The molecule has 10 heteroatoms. The Hall–Kier alpha value is -4.05. The number of hydrogen-bond donors (Lipinski definition) is 3. The zero-order valence-electron chi connectivity index (χ0n) is 21.4. The Kier molecular flexibility index (Phi) is 6.51. The van der Waals surface area contributed by atoms with Crippen LogP contribution in [0.25, 0.3) is 28.3 Å². The van der Waals surface area contributed by atoms with Crippen LogP contribution in [0.1, 0.15) is 54.7 Å². The van der Waals surface area contributed by atoms with Gasteiger partial charge < -0.3 is 20.7 Å². The van der Waals surface area contributed by atoms with E-state index in [9.17, 15) is 9.90 Å². The zero-order valence-corrected chi connectivity index (χ0v) is 21.4. The Morgan fingerprint density at radius 1 is 1.32 bits per heavy atom. The fourth-order valence-corrected chi connectivity index (χ4v) is 4.74. The van der Waals surface area contributed by atoms with E-state index in [-0.39, 0.29) is 11.9 Å². The van der Waals surface area contributed by atoms with Crippen LogP contribution >= 0.6 is 0 Å². The lowest BCUT2D eigenvalue weighted by Gasteiger charge is -2.25. The topological polar surface area (TPSA) is 138 Å². The summed E-state index contributed by atoms with van der Waals surface area (Å²) < 4.78 is 1.72. The van der Waals surface area contributed by atoms with Gasteiger partial charge in [-0.2, -0.15) is 9.61 Å². The average Bonchev–Trinajstić information content (AvgIpc) is 3.55. The molecule has 0 aromatic carbocycles. The maximum atomic E-state index is 12.1. The van der Waals surface area contributed by atoms with Crippen LogP contribution in [0.4, 0.5) is 5.82 Å². The molecular weight excluding hydrogens is 468 g/mol.